The van der Waals surface area contributed by atoms with Gasteiger partial charge in [0.2, 0.25) is 17.7 Å². The van der Waals surface area contributed by atoms with E-state index < -0.39 is 5.56 Å². The summed E-state index contributed by atoms with van der Waals surface area (Å²) in [5.41, 5.74) is 5.99. The van der Waals surface area contributed by atoms with Crippen LogP contribution in [0.2, 0.25) is 0 Å². The Morgan fingerprint density at radius 2 is 1.66 bits per heavy atom. The molecule has 0 saturated carbocycles. The Morgan fingerprint density at radius 1 is 0.966 bits per heavy atom. The summed E-state index contributed by atoms with van der Waals surface area (Å²) in [4.78, 5) is 32.4. The minimum atomic E-state index is -0.514. The molecule has 7 nitrogen and oxygen atoms in total. The van der Waals surface area contributed by atoms with Crippen molar-refractivity contribution >= 4 is 28.6 Å². The standard InChI is InChI=1S/C22H14N4O3/c27-13-24-26-12-23-19-18-16(14-7-3-1-4-8-14)11-17(15-9-5-2-6-10-15)25-21(18)29-20(19)22(26)28/h1-13H,(H,24,27). The molecule has 3 heterocycles. The predicted octanol–water partition coefficient (Wildman–Crippen LogP) is 3.57. The SMILES string of the molecule is O=CNn1cnc2c(oc3nc(-c4ccccc4)cc(-c4ccccc4)c32)c1=O. The smallest absolute Gasteiger partial charge is 0.315 e. The monoisotopic (exact) mass is 382 g/mol. The quantitative estimate of drug-likeness (QED) is 0.480. The first-order valence-corrected chi connectivity index (χ1v) is 8.92. The summed E-state index contributed by atoms with van der Waals surface area (Å²) in [6.45, 7) is 0. The van der Waals surface area contributed by atoms with Gasteiger partial charge in [0.05, 0.1) is 11.1 Å². The van der Waals surface area contributed by atoms with Gasteiger partial charge in [0, 0.05) is 5.56 Å². The van der Waals surface area contributed by atoms with E-state index in [0.717, 1.165) is 27.1 Å². The summed E-state index contributed by atoms with van der Waals surface area (Å²) >= 11 is 0. The van der Waals surface area contributed by atoms with Crippen LogP contribution in [-0.4, -0.2) is 21.1 Å². The molecule has 0 spiro atoms. The van der Waals surface area contributed by atoms with Gasteiger partial charge in [0.1, 0.15) is 11.8 Å². The average Bonchev–Trinajstić information content (AvgIpc) is 3.16. The van der Waals surface area contributed by atoms with Gasteiger partial charge in [-0.05, 0) is 17.2 Å². The number of furan rings is 1. The third-order valence-electron chi connectivity index (χ3n) is 4.70. The van der Waals surface area contributed by atoms with E-state index in [1.165, 1.54) is 6.33 Å². The van der Waals surface area contributed by atoms with E-state index in [9.17, 15) is 9.59 Å². The lowest BCUT2D eigenvalue weighted by Crippen LogP contribution is -2.27. The highest BCUT2D eigenvalue weighted by atomic mass is 16.3. The van der Waals surface area contributed by atoms with E-state index in [1.54, 1.807) is 0 Å². The maximum Gasteiger partial charge on any atom is 0.315 e. The molecule has 2 aromatic carbocycles. The molecule has 29 heavy (non-hydrogen) atoms. The number of carbonyl (C=O) groups excluding carboxylic acids is 1. The maximum absolute atomic E-state index is 12.7. The predicted molar refractivity (Wildman–Crippen MR) is 110 cm³/mol. The fourth-order valence-electron chi connectivity index (χ4n) is 3.38. The molecule has 3 aromatic heterocycles. The molecule has 0 aliphatic rings. The van der Waals surface area contributed by atoms with Crippen LogP contribution in [0.15, 0.2) is 82.3 Å². The summed E-state index contributed by atoms with van der Waals surface area (Å²) in [6, 6.07) is 21.5. The number of nitrogens with zero attached hydrogens (tertiary/aromatic N) is 3. The zero-order chi connectivity index (χ0) is 19.8. The molecule has 7 heteroatoms. The van der Waals surface area contributed by atoms with Crippen molar-refractivity contribution < 1.29 is 9.21 Å². The molecule has 140 valence electrons. The van der Waals surface area contributed by atoms with Gasteiger partial charge in [0.15, 0.2) is 0 Å². The molecule has 1 amide bonds. The highest BCUT2D eigenvalue weighted by Gasteiger charge is 2.20. The fourth-order valence-corrected chi connectivity index (χ4v) is 3.38. The number of hydrogen-bond donors (Lipinski definition) is 1. The van der Waals surface area contributed by atoms with Crippen LogP contribution in [0.4, 0.5) is 0 Å². The minimum Gasteiger partial charge on any atom is -0.430 e. The first kappa shape index (κ1) is 16.9. The second kappa shape index (κ2) is 6.72. The van der Waals surface area contributed by atoms with Crippen molar-refractivity contribution in [3.05, 3.63) is 83.4 Å². The number of pyridine rings is 1. The van der Waals surface area contributed by atoms with Gasteiger partial charge in [-0.25, -0.2) is 14.6 Å². The molecule has 0 atom stereocenters. The largest absolute Gasteiger partial charge is 0.430 e. The normalized spacial score (nSPS) is 11.0. The zero-order valence-electron chi connectivity index (χ0n) is 15.1. The molecular weight excluding hydrogens is 368 g/mol. The van der Waals surface area contributed by atoms with Crippen molar-refractivity contribution in [1.29, 1.82) is 0 Å². The number of benzene rings is 2. The van der Waals surface area contributed by atoms with E-state index in [2.05, 4.69) is 15.4 Å². The molecule has 0 fully saturated rings. The van der Waals surface area contributed by atoms with E-state index in [0.29, 0.717) is 23.0 Å². The molecule has 0 aliphatic heterocycles. The van der Waals surface area contributed by atoms with Gasteiger partial charge in [-0.15, -0.1) is 0 Å². The topological polar surface area (TPSA) is 90.0 Å². The molecule has 5 rings (SSSR count). The highest BCUT2D eigenvalue weighted by Crippen LogP contribution is 2.36. The molecule has 0 radical (unpaired) electrons. The molecule has 0 aliphatic carbocycles. The van der Waals surface area contributed by atoms with Crippen LogP contribution in [0.5, 0.6) is 0 Å². The van der Waals surface area contributed by atoms with Crippen LogP contribution in [0.3, 0.4) is 0 Å². The third kappa shape index (κ3) is 2.76. The fraction of sp³-hybridized carbons (Fsp3) is 0. The second-order valence-corrected chi connectivity index (χ2v) is 6.41. The molecule has 5 aromatic rings. The number of nitrogens with one attached hydrogen (secondary N) is 1. The van der Waals surface area contributed by atoms with E-state index in [-0.39, 0.29) is 5.58 Å². The summed E-state index contributed by atoms with van der Waals surface area (Å²) < 4.78 is 6.80. The Hall–Kier alpha value is -4.26. The van der Waals surface area contributed by atoms with E-state index in [4.69, 9.17) is 4.42 Å². The van der Waals surface area contributed by atoms with Crippen LogP contribution in [0, 0.1) is 0 Å². The number of amides is 1. The van der Waals surface area contributed by atoms with Crippen LogP contribution in [0.25, 0.3) is 44.6 Å². The van der Waals surface area contributed by atoms with Gasteiger partial charge >= 0.3 is 5.56 Å². The zero-order valence-corrected chi connectivity index (χ0v) is 15.1. The van der Waals surface area contributed by atoms with Crippen LogP contribution >= 0.6 is 0 Å². The first-order chi connectivity index (χ1) is 14.3. The lowest BCUT2D eigenvalue weighted by molar-refractivity contribution is -0.106. The van der Waals surface area contributed by atoms with E-state index in [1.807, 2.05) is 66.7 Å². The third-order valence-corrected chi connectivity index (χ3v) is 4.70. The van der Waals surface area contributed by atoms with Crippen LogP contribution < -0.4 is 11.0 Å². The Bertz CT molecular complexity index is 1410. The Kier molecular flexibility index (Phi) is 3.91. The van der Waals surface area contributed by atoms with Gasteiger partial charge in [-0.2, -0.15) is 0 Å². The molecule has 0 bridgehead atoms. The first-order valence-electron chi connectivity index (χ1n) is 8.92. The summed E-state index contributed by atoms with van der Waals surface area (Å²) in [5, 5.41) is 0.654. The Balaban J connectivity index is 1.89. The summed E-state index contributed by atoms with van der Waals surface area (Å²) in [6.07, 6.45) is 1.66. The van der Waals surface area contributed by atoms with Gasteiger partial charge in [-0.3, -0.25) is 15.0 Å². The Labute approximate surface area is 164 Å². The number of hydrogen-bond acceptors (Lipinski definition) is 5. The molecule has 1 N–H and O–H groups in total. The minimum absolute atomic E-state index is 0.0340. The van der Waals surface area contributed by atoms with Crippen molar-refractivity contribution in [2.75, 3.05) is 5.43 Å². The van der Waals surface area contributed by atoms with Gasteiger partial charge in [-0.1, -0.05) is 60.7 Å². The van der Waals surface area contributed by atoms with Crippen molar-refractivity contribution in [3.8, 4) is 22.4 Å². The van der Waals surface area contributed by atoms with Gasteiger partial charge in [0.25, 0.3) is 0 Å². The second-order valence-electron chi connectivity index (χ2n) is 6.41. The lowest BCUT2D eigenvalue weighted by atomic mass is 10.00. The van der Waals surface area contributed by atoms with Crippen molar-refractivity contribution in [1.82, 2.24) is 14.6 Å². The average molecular weight is 382 g/mol. The lowest BCUT2D eigenvalue weighted by Gasteiger charge is -2.07. The Morgan fingerprint density at radius 3 is 2.34 bits per heavy atom. The van der Waals surface area contributed by atoms with Crippen LogP contribution in [-0.2, 0) is 4.79 Å². The molecular formula is C22H14N4O3. The highest BCUT2D eigenvalue weighted by molar-refractivity contribution is 6.09. The van der Waals surface area contributed by atoms with Crippen molar-refractivity contribution in [2.24, 2.45) is 0 Å². The number of aromatic nitrogens is 3. The van der Waals surface area contributed by atoms with Gasteiger partial charge < -0.3 is 4.42 Å². The number of rotatable bonds is 4. The van der Waals surface area contributed by atoms with E-state index >= 15 is 0 Å². The molecule has 0 saturated heterocycles. The van der Waals surface area contributed by atoms with Crippen molar-refractivity contribution in [2.45, 2.75) is 0 Å². The summed E-state index contributed by atoms with van der Waals surface area (Å²) in [7, 11) is 0. The number of fused-ring (bicyclic) bond motifs is 3. The van der Waals surface area contributed by atoms with Crippen LogP contribution in [0.1, 0.15) is 0 Å². The van der Waals surface area contributed by atoms with Crippen molar-refractivity contribution in [3.63, 3.8) is 0 Å². The number of carbonyl (C=O) groups is 1. The summed E-state index contributed by atoms with van der Waals surface area (Å²) in [5.74, 6) is 0. The maximum atomic E-state index is 12.7. The molecule has 0 unspecified atom stereocenters.